The largest absolute Gasteiger partial charge is 0.370 e. The molecule has 0 atom stereocenters. The minimum atomic E-state index is 0.546. The summed E-state index contributed by atoms with van der Waals surface area (Å²) in [6.07, 6.45) is 7.84. The molecule has 2 aliphatic carbocycles. The standard InChI is InChI=1S/C17H28N4/c1-4-8-17(9-10-17)11-19-15-12(3)14(18-5-2)20-16(21-15)13-6-7-13/h13H,4-11H2,1-3H3,(H2,18,19,20,21). The normalized spacial score (nSPS) is 19.4. The minimum Gasteiger partial charge on any atom is -0.370 e. The molecule has 0 saturated heterocycles. The average Bonchev–Trinajstić information content (AvgIpc) is 3.35. The molecule has 21 heavy (non-hydrogen) atoms. The number of hydrogen-bond donors (Lipinski definition) is 2. The van der Waals surface area contributed by atoms with E-state index in [4.69, 9.17) is 9.97 Å². The van der Waals surface area contributed by atoms with Gasteiger partial charge in [-0.3, -0.25) is 0 Å². The first-order valence-corrected chi connectivity index (χ1v) is 8.54. The Morgan fingerprint density at radius 2 is 1.76 bits per heavy atom. The van der Waals surface area contributed by atoms with Gasteiger partial charge in [0, 0.05) is 24.6 Å². The lowest BCUT2D eigenvalue weighted by Crippen LogP contribution is -2.18. The Morgan fingerprint density at radius 1 is 1.10 bits per heavy atom. The van der Waals surface area contributed by atoms with Crippen LogP contribution in [0.2, 0.25) is 0 Å². The summed E-state index contributed by atoms with van der Waals surface area (Å²) in [4.78, 5) is 9.52. The highest BCUT2D eigenvalue weighted by Crippen LogP contribution is 2.49. The zero-order chi connectivity index (χ0) is 14.9. The summed E-state index contributed by atoms with van der Waals surface area (Å²) in [6, 6.07) is 0. The van der Waals surface area contributed by atoms with E-state index in [1.807, 2.05) is 0 Å². The van der Waals surface area contributed by atoms with Crippen molar-refractivity contribution in [2.45, 2.75) is 65.2 Å². The lowest BCUT2D eigenvalue weighted by atomic mass is 10.0. The molecule has 0 aromatic carbocycles. The van der Waals surface area contributed by atoms with Crippen LogP contribution < -0.4 is 10.6 Å². The lowest BCUT2D eigenvalue weighted by molar-refractivity contribution is 0.485. The average molecular weight is 288 g/mol. The molecular weight excluding hydrogens is 260 g/mol. The number of rotatable bonds is 8. The monoisotopic (exact) mass is 288 g/mol. The third-order valence-corrected chi connectivity index (χ3v) is 4.82. The molecule has 0 bridgehead atoms. The van der Waals surface area contributed by atoms with Gasteiger partial charge in [-0.25, -0.2) is 9.97 Å². The van der Waals surface area contributed by atoms with Crippen LogP contribution in [0.1, 0.15) is 69.7 Å². The van der Waals surface area contributed by atoms with E-state index >= 15 is 0 Å². The highest BCUT2D eigenvalue weighted by atomic mass is 15.1. The van der Waals surface area contributed by atoms with E-state index in [-0.39, 0.29) is 0 Å². The fraction of sp³-hybridized carbons (Fsp3) is 0.765. The van der Waals surface area contributed by atoms with Crippen LogP contribution in [-0.2, 0) is 0 Å². The fourth-order valence-corrected chi connectivity index (χ4v) is 3.06. The van der Waals surface area contributed by atoms with Gasteiger partial charge in [0.1, 0.15) is 17.5 Å². The summed E-state index contributed by atoms with van der Waals surface area (Å²) in [5, 5.41) is 7.02. The Kier molecular flexibility index (Phi) is 4.05. The third kappa shape index (κ3) is 3.30. The van der Waals surface area contributed by atoms with E-state index in [1.54, 1.807) is 0 Å². The fourth-order valence-electron chi connectivity index (χ4n) is 3.06. The molecule has 4 heteroatoms. The number of nitrogens with zero attached hydrogens (tertiary/aromatic N) is 2. The zero-order valence-corrected chi connectivity index (χ0v) is 13.6. The summed E-state index contributed by atoms with van der Waals surface area (Å²) in [7, 11) is 0. The molecule has 3 rings (SSSR count). The van der Waals surface area contributed by atoms with Crippen molar-refractivity contribution < 1.29 is 0 Å². The van der Waals surface area contributed by atoms with Gasteiger partial charge >= 0.3 is 0 Å². The zero-order valence-electron chi connectivity index (χ0n) is 13.6. The Morgan fingerprint density at radius 3 is 2.29 bits per heavy atom. The van der Waals surface area contributed by atoms with Crippen molar-refractivity contribution in [3.63, 3.8) is 0 Å². The van der Waals surface area contributed by atoms with Gasteiger partial charge in [-0.15, -0.1) is 0 Å². The molecule has 0 unspecified atom stereocenters. The summed E-state index contributed by atoms with van der Waals surface area (Å²) >= 11 is 0. The molecule has 2 aliphatic rings. The Labute approximate surface area is 128 Å². The molecule has 4 nitrogen and oxygen atoms in total. The van der Waals surface area contributed by atoms with Crippen molar-refractivity contribution >= 4 is 11.6 Å². The molecule has 2 saturated carbocycles. The summed E-state index contributed by atoms with van der Waals surface area (Å²) in [5.41, 5.74) is 1.71. The van der Waals surface area contributed by atoms with Gasteiger partial charge in [-0.1, -0.05) is 13.3 Å². The molecule has 0 amide bonds. The van der Waals surface area contributed by atoms with Crippen LogP contribution in [0.3, 0.4) is 0 Å². The van der Waals surface area contributed by atoms with Crippen LogP contribution in [0.25, 0.3) is 0 Å². The summed E-state index contributed by atoms with van der Waals surface area (Å²) in [5.74, 6) is 3.68. The molecular formula is C17H28N4. The van der Waals surface area contributed by atoms with Gasteiger partial charge in [0.25, 0.3) is 0 Å². The molecule has 1 heterocycles. The van der Waals surface area contributed by atoms with Gasteiger partial charge < -0.3 is 10.6 Å². The molecule has 1 aromatic heterocycles. The van der Waals surface area contributed by atoms with Gasteiger partial charge in [-0.2, -0.15) is 0 Å². The van der Waals surface area contributed by atoms with Crippen molar-refractivity contribution in [1.29, 1.82) is 0 Å². The first kappa shape index (κ1) is 14.6. The first-order valence-electron chi connectivity index (χ1n) is 8.54. The molecule has 2 fully saturated rings. The maximum absolute atomic E-state index is 4.81. The molecule has 0 aliphatic heterocycles. The Balaban J connectivity index is 1.76. The Bertz CT molecular complexity index is 504. The van der Waals surface area contributed by atoms with Crippen molar-refractivity contribution in [2.75, 3.05) is 23.7 Å². The number of anilines is 2. The van der Waals surface area contributed by atoms with Crippen LogP contribution in [0.4, 0.5) is 11.6 Å². The van der Waals surface area contributed by atoms with E-state index in [0.717, 1.165) is 36.1 Å². The maximum Gasteiger partial charge on any atom is 0.136 e. The van der Waals surface area contributed by atoms with Crippen LogP contribution in [0, 0.1) is 12.3 Å². The van der Waals surface area contributed by atoms with Crippen molar-refractivity contribution in [2.24, 2.45) is 5.41 Å². The van der Waals surface area contributed by atoms with E-state index in [0.29, 0.717) is 11.3 Å². The number of hydrogen-bond acceptors (Lipinski definition) is 4. The van der Waals surface area contributed by atoms with Crippen LogP contribution >= 0.6 is 0 Å². The maximum atomic E-state index is 4.81. The van der Waals surface area contributed by atoms with E-state index < -0.39 is 0 Å². The number of aromatic nitrogens is 2. The first-order chi connectivity index (χ1) is 10.2. The predicted octanol–water partition coefficient (Wildman–Crippen LogP) is 4.09. The molecule has 116 valence electrons. The smallest absolute Gasteiger partial charge is 0.136 e. The van der Waals surface area contributed by atoms with Crippen molar-refractivity contribution in [1.82, 2.24) is 9.97 Å². The quantitative estimate of drug-likeness (QED) is 0.756. The molecule has 0 spiro atoms. The second-order valence-electron chi connectivity index (χ2n) is 6.81. The van der Waals surface area contributed by atoms with Gasteiger partial charge in [0.2, 0.25) is 0 Å². The summed E-state index contributed by atoms with van der Waals surface area (Å²) in [6.45, 7) is 8.49. The second-order valence-corrected chi connectivity index (χ2v) is 6.81. The Hall–Kier alpha value is -1.32. The van der Waals surface area contributed by atoms with Crippen molar-refractivity contribution in [3.8, 4) is 0 Å². The van der Waals surface area contributed by atoms with Crippen LogP contribution in [0.15, 0.2) is 0 Å². The number of nitrogens with one attached hydrogen (secondary N) is 2. The third-order valence-electron chi connectivity index (χ3n) is 4.82. The van der Waals surface area contributed by atoms with Crippen LogP contribution in [0.5, 0.6) is 0 Å². The van der Waals surface area contributed by atoms with Gasteiger partial charge in [-0.05, 0) is 51.4 Å². The van der Waals surface area contributed by atoms with Crippen molar-refractivity contribution in [3.05, 3.63) is 11.4 Å². The highest BCUT2D eigenvalue weighted by molar-refractivity contribution is 5.57. The summed E-state index contributed by atoms with van der Waals surface area (Å²) < 4.78 is 0. The van der Waals surface area contributed by atoms with E-state index in [2.05, 4.69) is 31.4 Å². The van der Waals surface area contributed by atoms with Crippen LogP contribution in [-0.4, -0.2) is 23.1 Å². The minimum absolute atomic E-state index is 0.546. The van der Waals surface area contributed by atoms with E-state index in [9.17, 15) is 0 Å². The highest BCUT2D eigenvalue weighted by Gasteiger charge is 2.41. The molecule has 2 N–H and O–H groups in total. The van der Waals surface area contributed by atoms with E-state index in [1.165, 1.54) is 38.5 Å². The molecule has 0 radical (unpaired) electrons. The topological polar surface area (TPSA) is 49.8 Å². The SMILES string of the molecule is CCCC1(CNc2nc(C3CC3)nc(NCC)c2C)CC1. The van der Waals surface area contributed by atoms with Gasteiger partial charge in [0.05, 0.1) is 0 Å². The lowest BCUT2D eigenvalue weighted by Gasteiger charge is -2.18. The second kappa shape index (κ2) is 5.82. The molecule has 1 aromatic rings. The predicted molar refractivity (Wildman–Crippen MR) is 88.0 cm³/mol. The van der Waals surface area contributed by atoms with Gasteiger partial charge in [0.15, 0.2) is 0 Å².